The highest BCUT2D eigenvalue weighted by molar-refractivity contribution is 5.87. The number of ether oxygens (including phenoxy) is 1. The van der Waals surface area contributed by atoms with Crippen LogP contribution in [0.25, 0.3) is 0 Å². The van der Waals surface area contributed by atoms with Crippen LogP contribution in [0, 0.1) is 13.8 Å². The van der Waals surface area contributed by atoms with E-state index in [4.69, 9.17) is 9.84 Å². The van der Waals surface area contributed by atoms with Crippen LogP contribution >= 0.6 is 0 Å². The Morgan fingerprint density at radius 3 is 1.46 bits per heavy atom. The number of hydrogen-bond donors (Lipinski definition) is 1. The van der Waals surface area contributed by atoms with Crippen molar-refractivity contribution in [1.82, 2.24) is 19.9 Å². The second-order valence-electron chi connectivity index (χ2n) is 8.16. The summed E-state index contributed by atoms with van der Waals surface area (Å²) in [6.45, 7) is 15.5. The number of aromatic carboxylic acids is 1. The van der Waals surface area contributed by atoms with Gasteiger partial charge < -0.3 is 19.6 Å². The highest BCUT2D eigenvalue weighted by Crippen LogP contribution is 2.13. The lowest BCUT2D eigenvalue weighted by atomic mass is 10.3. The number of carbonyl (C=O) groups is 2. The molecule has 0 atom stereocenters. The van der Waals surface area contributed by atoms with Crippen molar-refractivity contribution in [1.29, 1.82) is 0 Å². The molecule has 0 aliphatic heterocycles. The van der Waals surface area contributed by atoms with Crippen molar-refractivity contribution in [2.45, 2.75) is 67.2 Å². The van der Waals surface area contributed by atoms with E-state index in [0.29, 0.717) is 23.3 Å². The van der Waals surface area contributed by atoms with Crippen LogP contribution in [0.4, 0.5) is 11.9 Å². The molecular formula is C25H40N6O4. The largest absolute Gasteiger partial charge is 0.477 e. The fraction of sp³-hybridized carbons (Fsp3) is 0.600. The molecule has 2 rings (SSSR count). The molecule has 0 fully saturated rings. The van der Waals surface area contributed by atoms with Gasteiger partial charge in [0.2, 0.25) is 11.9 Å². The first-order valence-corrected chi connectivity index (χ1v) is 12.2. The van der Waals surface area contributed by atoms with E-state index in [1.165, 1.54) is 13.2 Å². The van der Waals surface area contributed by atoms with Gasteiger partial charge in [0.15, 0.2) is 11.4 Å². The molecule has 2 heterocycles. The van der Waals surface area contributed by atoms with Gasteiger partial charge in [-0.3, -0.25) is 0 Å². The third-order valence-electron chi connectivity index (χ3n) is 4.84. The first-order chi connectivity index (χ1) is 16.7. The molecule has 0 saturated carbocycles. The fourth-order valence-corrected chi connectivity index (χ4v) is 3.41. The van der Waals surface area contributed by atoms with Gasteiger partial charge in [0, 0.05) is 37.6 Å². The molecule has 0 spiro atoms. The zero-order chi connectivity index (χ0) is 26.4. The maximum absolute atomic E-state index is 11.5. The van der Waals surface area contributed by atoms with Gasteiger partial charge in [-0.05, 0) is 51.7 Å². The van der Waals surface area contributed by atoms with Crippen molar-refractivity contribution < 1.29 is 19.4 Å². The second-order valence-corrected chi connectivity index (χ2v) is 8.16. The summed E-state index contributed by atoms with van der Waals surface area (Å²) in [4.78, 5) is 43.7. The number of rotatable bonds is 12. The molecule has 1 N–H and O–H groups in total. The molecule has 0 saturated heterocycles. The highest BCUT2D eigenvalue weighted by Gasteiger charge is 2.15. The molecule has 0 amide bonds. The van der Waals surface area contributed by atoms with Crippen LogP contribution in [0.1, 0.15) is 85.7 Å². The maximum Gasteiger partial charge on any atom is 0.356 e. The SMILES string of the molecule is CCCN(CCC)c1nc(C)cc(C(=O)O)n1.CCCN(CCC)c1nc(C)cc(C(=O)OC)n1. The van der Waals surface area contributed by atoms with Gasteiger partial charge in [-0.15, -0.1) is 0 Å². The van der Waals surface area contributed by atoms with Crippen LogP contribution < -0.4 is 9.80 Å². The van der Waals surface area contributed by atoms with Crippen molar-refractivity contribution in [3.63, 3.8) is 0 Å². The summed E-state index contributed by atoms with van der Waals surface area (Å²) in [5, 5.41) is 8.97. The molecule has 10 heteroatoms. The van der Waals surface area contributed by atoms with Gasteiger partial charge in [0.05, 0.1) is 7.11 Å². The molecule has 35 heavy (non-hydrogen) atoms. The van der Waals surface area contributed by atoms with Crippen LogP contribution in [-0.2, 0) is 4.74 Å². The maximum atomic E-state index is 11.5. The van der Waals surface area contributed by atoms with Crippen molar-refractivity contribution in [2.24, 2.45) is 0 Å². The van der Waals surface area contributed by atoms with Crippen molar-refractivity contribution in [2.75, 3.05) is 43.1 Å². The van der Waals surface area contributed by atoms with E-state index in [-0.39, 0.29) is 5.69 Å². The minimum atomic E-state index is -1.01. The average Bonchev–Trinajstić information content (AvgIpc) is 2.82. The lowest BCUT2D eigenvalue weighted by Crippen LogP contribution is -2.27. The molecule has 0 bridgehead atoms. The Bertz CT molecular complexity index is 942. The van der Waals surface area contributed by atoms with Crippen molar-refractivity contribution in [3.8, 4) is 0 Å². The van der Waals surface area contributed by atoms with Gasteiger partial charge in [-0.1, -0.05) is 27.7 Å². The van der Waals surface area contributed by atoms with Gasteiger partial charge in [-0.25, -0.2) is 29.5 Å². The molecule has 0 aliphatic rings. The van der Waals surface area contributed by atoms with Crippen LogP contribution in [-0.4, -0.2) is 70.3 Å². The van der Waals surface area contributed by atoms with Crippen LogP contribution in [0.2, 0.25) is 0 Å². The zero-order valence-electron chi connectivity index (χ0n) is 22.2. The topological polar surface area (TPSA) is 122 Å². The third kappa shape index (κ3) is 9.84. The van der Waals surface area contributed by atoms with Gasteiger partial charge in [-0.2, -0.15) is 0 Å². The first-order valence-electron chi connectivity index (χ1n) is 12.2. The summed E-state index contributed by atoms with van der Waals surface area (Å²) < 4.78 is 4.70. The molecule has 0 radical (unpaired) electrons. The summed E-state index contributed by atoms with van der Waals surface area (Å²) in [5.74, 6) is -0.301. The standard InChI is InChI=1S/C13H21N3O2.C12H19N3O2/c1-5-7-16(8-6-2)13-14-10(3)9-11(15-13)12(17)18-4;1-4-6-15(7-5-2)12-13-9(3)8-10(14-12)11(16)17/h9H,5-8H2,1-4H3;8H,4-7H2,1-3H3,(H,16,17). The molecule has 0 aliphatic carbocycles. The molecular weight excluding hydrogens is 448 g/mol. The third-order valence-corrected chi connectivity index (χ3v) is 4.84. The normalized spacial score (nSPS) is 10.3. The Hall–Kier alpha value is -3.30. The fourth-order valence-electron chi connectivity index (χ4n) is 3.41. The minimum absolute atomic E-state index is 0.0599. The van der Waals surface area contributed by atoms with Gasteiger partial charge >= 0.3 is 11.9 Å². The lowest BCUT2D eigenvalue weighted by Gasteiger charge is -2.21. The van der Waals surface area contributed by atoms with E-state index in [9.17, 15) is 9.59 Å². The number of nitrogens with zero attached hydrogens (tertiary/aromatic N) is 6. The summed E-state index contributed by atoms with van der Waals surface area (Å²) in [5.41, 5.74) is 1.84. The number of carboxylic acid groups (broad SMARTS) is 1. The van der Waals surface area contributed by atoms with Crippen LogP contribution in [0.3, 0.4) is 0 Å². The Labute approximate surface area is 208 Å². The first kappa shape index (κ1) is 29.7. The number of aromatic nitrogens is 4. The lowest BCUT2D eigenvalue weighted by molar-refractivity contribution is 0.0593. The van der Waals surface area contributed by atoms with Crippen molar-refractivity contribution >= 4 is 23.8 Å². The average molecular weight is 489 g/mol. The molecule has 2 aromatic rings. The molecule has 0 unspecified atom stereocenters. The van der Waals surface area contributed by atoms with Gasteiger partial charge in [0.25, 0.3) is 0 Å². The van der Waals surface area contributed by atoms with E-state index in [2.05, 4.69) is 52.5 Å². The number of carboxylic acids is 1. The number of hydrogen-bond acceptors (Lipinski definition) is 9. The number of carbonyl (C=O) groups excluding carboxylic acids is 1. The van der Waals surface area contributed by atoms with E-state index in [1.54, 1.807) is 13.0 Å². The number of anilines is 2. The second kappa shape index (κ2) is 15.6. The monoisotopic (exact) mass is 488 g/mol. The Kier molecular flexibility index (Phi) is 13.2. The summed E-state index contributed by atoms with van der Waals surface area (Å²) in [6.07, 6.45) is 4.01. The zero-order valence-corrected chi connectivity index (χ0v) is 22.2. The minimum Gasteiger partial charge on any atom is -0.477 e. The Balaban J connectivity index is 0.000000351. The van der Waals surface area contributed by atoms with Crippen molar-refractivity contribution in [3.05, 3.63) is 34.9 Å². The number of methoxy groups -OCH3 is 1. The number of aryl methyl sites for hydroxylation is 2. The quantitative estimate of drug-likeness (QED) is 0.432. The summed E-state index contributed by atoms with van der Waals surface area (Å²) in [6, 6.07) is 3.13. The highest BCUT2D eigenvalue weighted by atomic mass is 16.5. The van der Waals surface area contributed by atoms with Crippen LogP contribution in [0.5, 0.6) is 0 Å². The summed E-state index contributed by atoms with van der Waals surface area (Å²) >= 11 is 0. The van der Waals surface area contributed by atoms with E-state index in [0.717, 1.165) is 57.6 Å². The smallest absolute Gasteiger partial charge is 0.356 e. The van der Waals surface area contributed by atoms with E-state index in [1.807, 2.05) is 11.8 Å². The molecule has 10 nitrogen and oxygen atoms in total. The molecule has 2 aromatic heterocycles. The summed E-state index contributed by atoms with van der Waals surface area (Å²) in [7, 11) is 1.36. The Morgan fingerprint density at radius 2 is 1.11 bits per heavy atom. The van der Waals surface area contributed by atoms with Gasteiger partial charge in [0.1, 0.15) is 0 Å². The predicted octanol–water partition coefficient (Wildman–Crippen LogP) is 4.31. The van der Waals surface area contributed by atoms with Crippen LogP contribution in [0.15, 0.2) is 12.1 Å². The molecule has 194 valence electrons. The Morgan fingerprint density at radius 1 is 0.743 bits per heavy atom. The molecule has 0 aromatic carbocycles. The number of esters is 1. The van der Waals surface area contributed by atoms with E-state index >= 15 is 0 Å². The predicted molar refractivity (Wildman–Crippen MR) is 137 cm³/mol. The van der Waals surface area contributed by atoms with E-state index < -0.39 is 11.9 Å².